The maximum atomic E-state index is 3.70. The maximum Gasteiger partial charge on any atom is 0.0897 e. The van der Waals surface area contributed by atoms with Gasteiger partial charge in [0.2, 0.25) is 0 Å². The van der Waals surface area contributed by atoms with Gasteiger partial charge in [-0.3, -0.25) is 0 Å². The summed E-state index contributed by atoms with van der Waals surface area (Å²) in [5.74, 6) is 0. The number of hydrogen-bond donors (Lipinski definition) is 0. The van der Waals surface area contributed by atoms with Crippen LogP contribution in [-0.4, -0.2) is 29.6 Å². The monoisotopic (exact) mass is 164 g/mol. The topological polar surface area (TPSA) is 6.48 Å². The highest BCUT2D eigenvalue weighted by molar-refractivity contribution is 4.93. The highest BCUT2D eigenvalue weighted by Crippen LogP contribution is 2.06. The largest absolute Gasteiger partial charge is 0.358 e. The van der Waals surface area contributed by atoms with Crippen LogP contribution in [0.25, 0.3) is 0 Å². The van der Waals surface area contributed by atoms with Crippen molar-refractivity contribution in [3.8, 4) is 0 Å². The van der Waals surface area contributed by atoms with Gasteiger partial charge in [0.25, 0.3) is 0 Å². The Hall–Kier alpha value is -1.18. The van der Waals surface area contributed by atoms with E-state index < -0.39 is 0 Å². The van der Waals surface area contributed by atoms with Gasteiger partial charge in [0.15, 0.2) is 0 Å². The Morgan fingerprint density at radius 2 is 1.92 bits per heavy atom. The molecule has 0 saturated carbocycles. The van der Waals surface area contributed by atoms with Crippen molar-refractivity contribution in [3.63, 3.8) is 0 Å². The van der Waals surface area contributed by atoms with Gasteiger partial charge in [-0.1, -0.05) is 12.2 Å². The fraction of sp³-hybridized carbons (Fsp3) is 0.400. The zero-order valence-electron chi connectivity index (χ0n) is 7.45. The molecule has 0 unspecified atom stereocenters. The van der Waals surface area contributed by atoms with Crippen LogP contribution in [0.3, 0.4) is 0 Å². The van der Waals surface area contributed by atoms with Crippen molar-refractivity contribution in [2.75, 3.05) is 19.8 Å². The van der Waals surface area contributed by atoms with Crippen molar-refractivity contribution in [1.29, 1.82) is 0 Å². The van der Waals surface area contributed by atoms with E-state index in [-0.39, 0.29) is 0 Å². The number of nitrogens with zero attached hydrogens (tertiary/aromatic N) is 2. The Bertz CT molecular complexity index is 184. The lowest BCUT2D eigenvalue weighted by molar-refractivity contribution is 0.284. The predicted octanol–water partition coefficient (Wildman–Crippen LogP) is 1.79. The van der Waals surface area contributed by atoms with Crippen molar-refractivity contribution in [2.45, 2.75) is 6.42 Å². The predicted molar refractivity (Wildman–Crippen MR) is 52.4 cm³/mol. The Kier molecular flexibility index (Phi) is 3.45. The Morgan fingerprint density at radius 1 is 1.17 bits per heavy atom. The van der Waals surface area contributed by atoms with Gasteiger partial charge in [-0.15, -0.1) is 13.2 Å². The van der Waals surface area contributed by atoms with Gasteiger partial charge < -0.3 is 9.80 Å². The molecule has 0 spiro atoms. The smallest absolute Gasteiger partial charge is 0.0897 e. The summed E-state index contributed by atoms with van der Waals surface area (Å²) in [6.07, 6.45) is 9.13. The van der Waals surface area contributed by atoms with E-state index in [4.69, 9.17) is 0 Å². The molecule has 0 atom stereocenters. The summed E-state index contributed by atoms with van der Waals surface area (Å²) in [4.78, 5) is 4.49. The molecular weight excluding hydrogens is 148 g/mol. The van der Waals surface area contributed by atoms with Gasteiger partial charge in [0.1, 0.15) is 0 Å². The first kappa shape index (κ1) is 8.91. The summed E-state index contributed by atoms with van der Waals surface area (Å²) in [6, 6.07) is 0. The van der Waals surface area contributed by atoms with Crippen molar-refractivity contribution in [2.24, 2.45) is 0 Å². The molecule has 1 aliphatic heterocycles. The maximum absolute atomic E-state index is 3.70. The van der Waals surface area contributed by atoms with Crippen LogP contribution in [0.5, 0.6) is 0 Å². The fourth-order valence-corrected chi connectivity index (χ4v) is 1.20. The molecule has 2 nitrogen and oxygen atoms in total. The second-order valence-corrected chi connectivity index (χ2v) is 2.89. The van der Waals surface area contributed by atoms with E-state index in [0.29, 0.717) is 0 Å². The van der Waals surface area contributed by atoms with Crippen LogP contribution in [0.1, 0.15) is 6.42 Å². The summed E-state index contributed by atoms with van der Waals surface area (Å²) < 4.78 is 0. The average molecular weight is 164 g/mol. The third kappa shape index (κ3) is 2.46. The molecule has 0 bridgehead atoms. The molecule has 0 fully saturated rings. The minimum absolute atomic E-state index is 0.932. The number of hydrogen-bond acceptors (Lipinski definition) is 2. The van der Waals surface area contributed by atoms with Gasteiger partial charge >= 0.3 is 0 Å². The summed E-state index contributed by atoms with van der Waals surface area (Å²) in [6.45, 7) is 10.4. The molecule has 0 amide bonds. The first-order valence-corrected chi connectivity index (χ1v) is 4.25. The molecule has 1 rings (SSSR count). The average Bonchev–Trinajstić information content (AvgIpc) is 2.50. The van der Waals surface area contributed by atoms with Crippen molar-refractivity contribution >= 4 is 0 Å². The van der Waals surface area contributed by atoms with Crippen molar-refractivity contribution in [1.82, 2.24) is 9.80 Å². The van der Waals surface area contributed by atoms with E-state index in [0.717, 1.165) is 26.2 Å². The first-order valence-electron chi connectivity index (χ1n) is 4.25. The van der Waals surface area contributed by atoms with Crippen molar-refractivity contribution in [3.05, 3.63) is 37.7 Å². The Labute approximate surface area is 74.5 Å². The van der Waals surface area contributed by atoms with Crippen LogP contribution in [0.2, 0.25) is 0 Å². The highest BCUT2D eigenvalue weighted by atomic mass is 15.3. The molecule has 0 radical (unpaired) electrons. The molecule has 2 heteroatoms. The highest BCUT2D eigenvalue weighted by Gasteiger charge is 2.08. The zero-order chi connectivity index (χ0) is 8.81. The summed E-state index contributed by atoms with van der Waals surface area (Å²) in [7, 11) is 0. The normalized spacial score (nSPS) is 15.3. The van der Waals surface area contributed by atoms with E-state index in [1.165, 1.54) is 0 Å². The molecule has 0 saturated heterocycles. The fourth-order valence-electron chi connectivity index (χ4n) is 1.20. The quantitative estimate of drug-likeness (QED) is 0.572. The molecular formula is C10H16N2. The van der Waals surface area contributed by atoms with Gasteiger partial charge in [-0.05, 0) is 6.42 Å². The lowest BCUT2D eigenvalue weighted by Crippen LogP contribution is -2.25. The molecule has 0 aromatic carbocycles. The first-order chi connectivity index (χ1) is 5.86. The SMILES string of the molecule is C=CCCN1C=CN(CC=C)C1. The minimum atomic E-state index is 0.932. The summed E-state index contributed by atoms with van der Waals surface area (Å²) in [5.41, 5.74) is 0. The van der Waals surface area contributed by atoms with Gasteiger partial charge in [-0.2, -0.15) is 0 Å². The molecule has 0 aliphatic carbocycles. The molecule has 1 aliphatic rings. The van der Waals surface area contributed by atoms with E-state index in [1.54, 1.807) is 0 Å². The second kappa shape index (κ2) is 4.65. The Balaban J connectivity index is 2.22. The lowest BCUT2D eigenvalue weighted by Gasteiger charge is -2.19. The summed E-state index contributed by atoms with van der Waals surface area (Å²) >= 11 is 0. The van der Waals surface area contributed by atoms with Crippen LogP contribution in [0.15, 0.2) is 37.7 Å². The lowest BCUT2D eigenvalue weighted by atomic mass is 10.4. The molecule has 0 N–H and O–H groups in total. The molecule has 0 aromatic heterocycles. The van der Waals surface area contributed by atoms with Gasteiger partial charge in [0, 0.05) is 25.5 Å². The standard InChI is InChI=1S/C10H16N2/c1-3-5-7-12-9-8-11(10-12)6-4-2/h3-4,8-9H,1-2,5-7,10H2. The van der Waals surface area contributed by atoms with E-state index in [1.807, 2.05) is 12.2 Å². The third-order valence-electron chi connectivity index (χ3n) is 1.84. The van der Waals surface area contributed by atoms with E-state index >= 15 is 0 Å². The van der Waals surface area contributed by atoms with Crippen LogP contribution < -0.4 is 0 Å². The number of rotatable bonds is 5. The van der Waals surface area contributed by atoms with Crippen LogP contribution in [0, 0.1) is 0 Å². The molecule has 0 aromatic rings. The van der Waals surface area contributed by atoms with Crippen LogP contribution in [-0.2, 0) is 0 Å². The minimum Gasteiger partial charge on any atom is -0.358 e. The zero-order valence-corrected chi connectivity index (χ0v) is 7.45. The molecule has 66 valence electrons. The molecule has 1 heterocycles. The van der Waals surface area contributed by atoms with Crippen LogP contribution >= 0.6 is 0 Å². The summed E-state index contributed by atoms with van der Waals surface area (Å²) in [5, 5.41) is 0. The van der Waals surface area contributed by atoms with E-state index in [2.05, 4.69) is 35.4 Å². The van der Waals surface area contributed by atoms with E-state index in [9.17, 15) is 0 Å². The Morgan fingerprint density at radius 3 is 2.58 bits per heavy atom. The van der Waals surface area contributed by atoms with Gasteiger partial charge in [-0.25, -0.2) is 0 Å². The molecule has 12 heavy (non-hydrogen) atoms. The third-order valence-corrected chi connectivity index (χ3v) is 1.84. The second-order valence-electron chi connectivity index (χ2n) is 2.89. The van der Waals surface area contributed by atoms with Crippen molar-refractivity contribution < 1.29 is 0 Å². The van der Waals surface area contributed by atoms with Crippen LogP contribution in [0.4, 0.5) is 0 Å². The van der Waals surface area contributed by atoms with Gasteiger partial charge in [0.05, 0.1) is 6.67 Å².